The summed E-state index contributed by atoms with van der Waals surface area (Å²) in [7, 11) is 0. The second-order valence-corrected chi connectivity index (χ2v) is 5.02. The van der Waals surface area contributed by atoms with Gasteiger partial charge < -0.3 is 9.47 Å². The number of aromatic nitrogens is 1. The molecule has 1 aromatic heterocycles. The van der Waals surface area contributed by atoms with Crippen LogP contribution in [0.15, 0.2) is 27.6 Å². The van der Waals surface area contributed by atoms with Crippen LogP contribution in [0.25, 0.3) is 0 Å². The SMILES string of the molecule is CCCN(CC#N)C(=O)CCn1cc(Br)ccc1=O. The zero-order valence-corrected chi connectivity index (χ0v) is 12.4. The van der Waals surface area contributed by atoms with Crippen molar-refractivity contribution in [1.29, 1.82) is 5.26 Å². The predicted octanol–water partition coefficient (Wildman–Crippen LogP) is 1.76. The highest BCUT2D eigenvalue weighted by atomic mass is 79.9. The molecule has 1 aromatic rings. The molecule has 0 bridgehead atoms. The zero-order valence-electron chi connectivity index (χ0n) is 10.8. The van der Waals surface area contributed by atoms with Crippen LogP contribution in [0, 0.1) is 11.3 Å². The molecule has 0 saturated heterocycles. The van der Waals surface area contributed by atoms with Crippen molar-refractivity contribution < 1.29 is 4.79 Å². The van der Waals surface area contributed by atoms with Crippen LogP contribution in [0.2, 0.25) is 0 Å². The maximum absolute atomic E-state index is 11.9. The number of rotatable bonds is 6. The number of carbonyl (C=O) groups is 1. The number of carbonyl (C=O) groups excluding carboxylic acids is 1. The molecule has 1 heterocycles. The smallest absolute Gasteiger partial charge is 0.250 e. The fraction of sp³-hybridized carbons (Fsp3) is 0.462. The van der Waals surface area contributed by atoms with E-state index in [1.807, 2.05) is 13.0 Å². The summed E-state index contributed by atoms with van der Waals surface area (Å²) in [4.78, 5) is 25.0. The summed E-state index contributed by atoms with van der Waals surface area (Å²) in [6.07, 6.45) is 2.69. The Morgan fingerprint density at radius 2 is 2.26 bits per heavy atom. The lowest BCUT2D eigenvalue weighted by molar-refractivity contribution is -0.130. The lowest BCUT2D eigenvalue weighted by Crippen LogP contribution is -2.33. The molecule has 0 aliphatic rings. The Kier molecular flexibility index (Phi) is 6.30. The van der Waals surface area contributed by atoms with E-state index in [0.29, 0.717) is 13.1 Å². The lowest BCUT2D eigenvalue weighted by atomic mass is 10.3. The molecule has 102 valence electrons. The molecule has 0 spiro atoms. The number of amides is 1. The first-order valence-corrected chi connectivity index (χ1v) is 6.88. The van der Waals surface area contributed by atoms with Crippen LogP contribution in [-0.2, 0) is 11.3 Å². The monoisotopic (exact) mass is 325 g/mol. The molecule has 1 rings (SSSR count). The molecule has 19 heavy (non-hydrogen) atoms. The van der Waals surface area contributed by atoms with Gasteiger partial charge in [0.25, 0.3) is 5.56 Å². The molecule has 1 amide bonds. The molecule has 6 heteroatoms. The number of pyridine rings is 1. The Balaban J connectivity index is 2.65. The van der Waals surface area contributed by atoms with Gasteiger partial charge in [-0.3, -0.25) is 9.59 Å². The molecule has 0 fully saturated rings. The topological polar surface area (TPSA) is 66.1 Å². The van der Waals surface area contributed by atoms with Gasteiger partial charge in [0.1, 0.15) is 6.54 Å². The summed E-state index contributed by atoms with van der Waals surface area (Å²) in [6.45, 7) is 2.94. The zero-order chi connectivity index (χ0) is 14.3. The van der Waals surface area contributed by atoms with Crippen molar-refractivity contribution in [2.45, 2.75) is 26.3 Å². The lowest BCUT2D eigenvalue weighted by Gasteiger charge is -2.18. The first kappa shape index (κ1) is 15.4. The molecule has 0 aromatic carbocycles. The fourth-order valence-electron chi connectivity index (χ4n) is 1.70. The maximum atomic E-state index is 11.9. The molecule has 5 nitrogen and oxygen atoms in total. The highest BCUT2D eigenvalue weighted by Gasteiger charge is 2.12. The molecular formula is C13H16BrN3O2. The minimum absolute atomic E-state index is 0.0973. The van der Waals surface area contributed by atoms with Crippen molar-refractivity contribution in [3.8, 4) is 6.07 Å². The summed E-state index contributed by atoms with van der Waals surface area (Å²) in [5.41, 5.74) is -0.140. The van der Waals surface area contributed by atoms with Crippen molar-refractivity contribution >= 4 is 21.8 Å². The number of hydrogen-bond donors (Lipinski definition) is 0. The molecule has 0 N–H and O–H groups in total. The third-order valence-corrected chi connectivity index (χ3v) is 3.09. The number of nitriles is 1. The first-order valence-electron chi connectivity index (χ1n) is 6.09. The quantitative estimate of drug-likeness (QED) is 0.748. The number of nitrogens with zero attached hydrogens (tertiary/aromatic N) is 3. The van der Waals surface area contributed by atoms with Crippen LogP contribution in [0.5, 0.6) is 0 Å². The van der Waals surface area contributed by atoms with Gasteiger partial charge in [-0.05, 0) is 28.4 Å². The number of aryl methyl sites for hydroxylation is 1. The van der Waals surface area contributed by atoms with Gasteiger partial charge in [-0.25, -0.2) is 0 Å². The highest BCUT2D eigenvalue weighted by Crippen LogP contribution is 2.06. The third kappa shape index (κ3) is 4.87. The Labute approximate surface area is 120 Å². The molecular weight excluding hydrogens is 310 g/mol. The van der Waals surface area contributed by atoms with Crippen LogP contribution >= 0.6 is 15.9 Å². The third-order valence-electron chi connectivity index (χ3n) is 2.62. The van der Waals surface area contributed by atoms with Crippen molar-refractivity contribution in [3.05, 3.63) is 33.2 Å². The molecule has 0 radical (unpaired) electrons. The number of halogens is 1. The van der Waals surface area contributed by atoms with Crippen molar-refractivity contribution in [2.24, 2.45) is 0 Å². The number of hydrogen-bond acceptors (Lipinski definition) is 3. The fourth-order valence-corrected chi connectivity index (χ4v) is 2.08. The van der Waals surface area contributed by atoms with Crippen molar-refractivity contribution in [1.82, 2.24) is 9.47 Å². The predicted molar refractivity (Wildman–Crippen MR) is 75.5 cm³/mol. The summed E-state index contributed by atoms with van der Waals surface area (Å²) in [5, 5.41) is 8.67. The normalized spacial score (nSPS) is 9.95. The molecule has 0 atom stereocenters. The molecule has 0 saturated carbocycles. The Morgan fingerprint density at radius 3 is 2.89 bits per heavy atom. The van der Waals surface area contributed by atoms with Gasteiger partial charge in [-0.1, -0.05) is 6.92 Å². The van der Waals surface area contributed by atoms with E-state index in [4.69, 9.17) is 5.26 Å². The van der Waals surface area contributed by atoms with E-state index in [-0.39, 0.29) is 24.4 Å². The van der Waals surface area contributed by atoms with Crippen LogP contribution < -0.4 is 5.56 Å². The van der Waals surface area contributed by atoms with Gasteiger partial charge in [-0.2, -0.15) is 5.26 Å². The summed E-state index contributed by atoms with van der Waals surface area (Å²) in [6, 6.07) is 5.10. The average molecular weight is 326 g/mol. The summed E-state index contributed by atoms with van der Waals surface area (Å²) in [5.74, 6) is -0.102. The average Bonchev–Trinajstić information content (AvgIpc) is 2.39. The van der Waals surface area contributed by atoms with E-state index in [9.17, 15) is 9.59 Å². The van der Waals surface area contributed by atoms with Gasteiger partial charge >= 0.3 is 0 Å². The molecule has 0 aliphatic heterocycles. The van der Waals surface area contributed by atoms with Crippen LogP contribution in [0.4, 0.5) is 0 Å². The largest absolute Gasteiger partial charge is 0.329 e. The van der Waals surface area contributed by atoms with Crippen molar-refractivity contribution in [3.63, 3.8) is 0 Å². The van der Waals surface area contributed by atoms with Crippen LogP contribution in [0.1, 0.15) is 19.8 Å². The van der Waals surface area contributed by atoms with Gasteiger partial charge in [-0.15, -0.1) is 0 Å². The summed E-state index contributed by atoms with van der Waals surface area (Å²) >= 11 is 3.28. The van der Waals surface area contributed by atoms with E-state index in [2.05, 4.69) is 15.9 Å². The maximum Gasteiger partial charge on any atom is 0.250 e. The van der Waals surface area contributed by atoms with Crippen molar-refractivity contribution in [2.75, 3.05) is 13.1 Å². The van der Waals surface area contributed by atoms with Gasteiger partial charge in [0.15, 0.2) is 0 Å². The van der Waals surface area contributed by atoms with E-state index in [0.717, 1.165) is 10.9 Å². The summed E-state index contributed by atoms with van der Waals surface area (Å²) < 4.78 is 2.28. The van der Waals surface area contributed by atoms with E-state index in [1.54, 1.807) is 12.3 Å². The van der Waals surface area contributed by atoms with Gasteiger partial charge in [0.05, 0.1) is 6.07 Å². The van der Waals surface area contributed by atoms with Crippen LogP contribution in [0.3, 0.4) is 0 Å². The Morgan fingerprint density at radius 1 is 1.53 bits per heavy atom. The van der Waals surface area contributed by atoms with Gasteiger partial charge in [0, 0.05) is 36.2 Å². The standard InChI is InChI=1S/C13H16BrN3O2/c1-2-7-16(9-6-15)13(19)5-8-17-10-11(14)3-4-12(17)18/h3-4,10H,2,5,7-9H2,1H3. The molecule has 0 unspecified atom stereocenters. The minimum atomic E-state index is -0.140. The van der Waals surface area contributed by atoms with E-state index < -0.39 is 0 Å². The minimum Gasteiger partial charge on any atom is -0.329 e. The Hall–Kier alpha value is -1.61. The van der Waals surface area contributed by atoms with Gasteiger partial charge in [0.2, 0.25) is 5.91 Å². The van der Waals surface area contributed by atoms with E-state index >= 15 is 0 Å². The van der Waals surface area contributed by atoms with E-state index in [1.165, 1.54) is 15.5 Å². The second-order valence-electron chi connectivity index (χ2n) is 4.10. The van der Waals surface area contributed by atoms with Crippen LogP contribution in [-0.4, -0.2) is 28.5 Å². The highest BCUT2D eigenvalue weighted by molar-refractivity contribution is 9.10. The molecule has 0 aliphatic carbocycles. The Bertz CT molecular complexity index is 533. The second kappa shape index (κ2) is 7.74. The first-order chi connectivity index (χ1) is 9.08.